The molecular formula is C21H25F2N9O3. The van der Waals surface area contributed by atoms with E-state index in [0.29, 0.717) is 69.9 Å². The Morgan fingerprint density at radius 1 is 0.971 bits per heavy atom. The van der Waals surface area contributed by atoms with Gasteiger partial charge in [-0.05, 0) is 12.1 Å². The highest BCUT2D eigenvalue weighted by molar-refractivity contribution is 5.88. The average Bonchev–Trinajstić information content (AvgIpc) is 3.30. The standard InChI is InChI=1S/C21H25F2N9O3/c1-34-21(33)31-7-5-29(6-8-31)18-26-19(30-9-11-35-12-10-30)28-20(27-18)32-14-4-2-3-13(24)15(14)25-17(32)16(22)23/h2-4,16H,5-12,24H2,1H3. The molecule has 35 heavy (non-hydrogen) atoms. The number of methoxy groups -OCH3 is 1. The molecule has 2 fully saturated rings. The number of nitrogens with two attached hydrogens (primary N) is 1. The van der Waals surface area contributed by atoms with Crippen LogP contribution in [0.15, 0.2) is 18.2 Å². The van der Waals surface area contributed by atoms with Crippen molar-refractivity contribution in [1.82, 2.24) is 29.4 Å². The van der Waals surface area contributed by atoms with Gasteiger partial charge in [0.05, 0.1) is 31.5 Å². The summed E-state index contributed by atoms with van der Waals surface area (Å²) in [7, 11) is 1.34. The Kier molecular flexibility index (Phi) is 6.19. The van der Waals surface area contributed by atoms with E-state index in [9.17, 15) is 13.6 Å². The molecule has 0 saturated carbocycles. The molecule has 2 aliphatic heterocycles. The van der Waals surface area contributed by atoms with Gasteiger partial charge in [0.1, 0.15) is 5.52 Å². The number of nitrogen functional groups attached to an aromatic ring is 1. The van der Waals surface area contributed by atoms with Gasteiger partial charge in [0, 0.05) is 39.3 Å². The molecule has 1 amide bonds. The lowest BCUT2D eigenvalue weighted by Crippen LogP contribution is -2.49. The number of hydrogen-bond acceptors (Lipinski definition) is 10. The van der Waals surface area contributed by atoms with Crippen LogP contribution < -0.4 is 15.5 Å². The number of fused-ring (bicyclic) bond motifs is 1. The maximum Gasteiger partial charge on any atom is 0.409 e. The number of halogens is 2. The van der Waals surface area contributed by atoms with E-state index in [-0.39, 0.29) is 17.2 Å². The van der Waals surface area contributed by atoms with E-state index in [2.05, 4.69) is 19.9 Å². The third-order valence-electron chi connectivity index (χ3n) is 6.03. The lowest BCUT2D eigenvalue weighted by Gasteiger charge is -2.34. The van der Waals surface area contributed by atoms with Crippen LogP contribution in [0.4, 0.5) is 31.2 Å². The van der Waals surface area contributed by atoms with Crippen molar-refractivity contribution in [1.29, 1.82) is 0 Å². The Labute approximate surface area is 199 Å². The SMILES string of the molecule is COC(=O)N1CCN(c2nc(N3CCOCC3)nc(-n3c(C(F)F)nc4c(N)cccc43)n2)CC1. The van der Waals surface area contributed by atoms with Crippen molar-refractivity contribution in [2.24, 2.45) is 0 Å². The van der Waals surface area contributed by atoms with Gasteiger partial charge >= 0.3 is 6.09 Å². The molecule has 0 atom stereocenters. The highest BCUT2D eigenvalue weighted by Crippen LogP contribution is 2.30. The first-order chi connectivity index (χ1) is 17.0. The molecule has 0 spiro atoms. The Bertz CT molecular complexity index is 1220. The molecule has 2 aliphatic rings. The minimum absolute atomic E-state index is 0.0234. The third-order valence-corrected chi connectivity index (χ3v) is 6.03. The Morgan fingerprint density at radius 3 is 2.23 bits per heavy atom. The number of amides is 1. The molecule has 186 valence electrons. The number of morpholine rings is 1. The monoisotopic (exact) mass is 489 g/mol. The van der Waals surface area contributed by atoms with Crippen molar-refractivity contribution in [3.8, 4) is 5.95 Å². The first-order valence-electron chi connectivity index (χ1n) is 11.2. The second-order valence-corrected chi connectivity index (χ2v) is 8.10. The molecule has 4 heterocycles. The number of para-hydroxylation sites is 1. The molecule has 12 nitrogen and oxygen atoms in total. The molecule has 14 heteroatoms. The van der Waals surface area contributed by atoms with Gasteiger partial charge in [-0.1, -0.05) is 6.07 Å². The van der Waals surface area contributed by atoms with Gasteiger partial charge in [0.15, 0.2) is 5.82 Å². The summed E-state index contributed by atoms with van der Waals surface area (Å²) in [6.07, 6.45) is -3.28. The summed E-state index contributed by atoms with van der Waals surface area (Å²) in [6.45, 7) is 3.82. The molecule has 2 N–H and O–H groups in total. The quantitative estimate of drug-likeness (QED) is 0.538. The van der Waals surface area contributed by atoms with Crippen LogP contribution in [0, 0.1) is 0 Å². The second kappa shape index (κ2) is 9.44. The smallest absolute Gasteiger partial charge is 0.409 e. The van der Waals surface area contributed by atoms with Crippen LogP contribution in [0.2, 0.25) is 0 Å². The molecule has 1 aromatic carbocycles. The summed E-state index contributed by atoms with van der Waals surface area (Å²) < 4.78 is 39.6. The van der Waals surface area contributed by atoms with Gasteiger partial charge in [-0.15, -0.1) is 0 Å². The number of nitrogens with zero attached hydrogens (tertiary/aromatic N) is 8. The van der Waals surface area contributed by atoms with Gasteiger partial charge in [-0.25, -0.2) is 18.6 Å². The van der Waals surface area contributed by atoms with E-state index in [1.54, 1.807) is 23.1 Å². The fraction of sp³-hybridized carbons (Fsp3) is 0.476. The largest absolute Gasteiger partial charge is 0.453 e. The number of rotatable bonds is 4. The van der Waals surface area contributed by atoms with E-state index in [1.165, 1.54) is 11.7 Å². The minimum Gasteiger partial charge on any atom is -0.453 e. The van der Waals surface area contributed by atoms with Crippen molar-refractivity contribution in [2.45, 2.75) is 6.43 Å². The van der Waals surface area contributed by atoms with E-state index in [4.69, 9.17) is 15.2 Å². The molecular weight excluding hydrogens is 464 g/mol. The van der Waals surface area contributed by atoms with Crippen molar-refractivity contribution in [3.63, 3.8) is 0 Å². The Morgan fingerprint density at radius 2 is 1.60 bits per heavy atom. The molecule has 5 rings (SSSR count). The molecule has 2 aromatic heterocycles. The molecule has 0 radical (unpaired) electrons. The molecule has 0 bridgehead atoms. The van der Waals surface area contributed by atoms with Gasteiger partial charge in [0.2, 0.25) is 17.8 Å². The number of hydrogen-bond donors (Lipinski definition) is 1. The summed E-state index contributed by atoms with van der Waals surface area (Å²) in [5.41, 5.74) is 6.92. The summed E-state index contributed by atoms with van der Waals surface area (Å²) >= 11 is 0. The van der Waals surface area contributed by atoms with Crippen molar-refractivity contribution < 1.29 is 23.0 Å². The third kappa shape index (κ3) is 4.36. The first kappa shape index (κ1) is 23.0. The normalized spacial score (nSPS) is 16.9. The lowest BCUT2D eigenvalue weighted by atomic mass is 10.3. The van der Waals surface area contributed by atoms with Crippen LogP contribution in [0.1, 0.15) is 12.2 Å². The van der Waals surface area contributed by atoms with Crippen LogP contribution >= 0.6 is 0 Å². The number of aromatic nitrogens is 5. The van der Waals surface area contributed by atoms with Gasteiger partial charge in [0.25, 0.3) is 6.43 Å². The first-order valence-corrected chi connectivity index (χ1v) is 11.2. The van der Waals surface area contributed by atoms with E-state index in [1.807, 2.05) is 9.80 Å². The highest BCUT2D eigenvalue weighted by Gasteiger charge is 2.28. The van der Waals surface area contributed by atoms with E-state index in [0.717, 1.165) is 0 Å². The van der Waals surface area contributed by atoms with E-state index >= 15 is 0 Å². The Balaban J connectivity index is 1.60. The maximum atomic E-state index is 14.1. The number of alkyl halides is 2. The van der Waals surface area contributed by atoms with Gasteiger partial charge in [-0.3, -0.25) is 4.57 Å². The second-order valence-electron chi connectivity index (χ2n) is 8.10. The van der Waals surface area contributed by atoms with E-state index < -0.39 is 18.3 Å². The molecule has 3 aromatic rings. The van der Waals surface area contributed by atoms with Gasteiger partial charge in [-0.2, -0.15) is 15.0 Å². The van der Waals surface area contributed by atoms with Crippen LogP contribution in [0.25, 0.3) is 17.0 Å². The number of carbonyl (C=O) groups excluding carboxylic acids is 1. The van der Waals surface area contributed by atoms with Crippen molar-refractivity contribution >= 4 is 34.7 Å². The summed E-state index contributed by atoms with van der Waals surface area (Å²) in [5, 5.41) is 0. The predicted octanol–water partition coefficient (Wildman–Crippen LogP) is 1.46. The van der Waals surface area contributed by atoms with Crippen molar-refractivity contribution in [3.05, 3.63) is 24.0 Å². The predicted molar refractivity (Wildman–Crippen MR) is 123 cm³/mol. The number of anilines is 3. The van der Waals surface area contributed by atoms with Gasteiger partial charge < -0.3 is 29.9 Å². The fourth-order valence-electron chi connectivity index (χ4n) is 4.20. The van der Waals surface area contributed by atoms with Crippen LogP contribution in [-0.4, -0.2) is 95.1 Å². The lowest BCUT2D eigenvalue weighted by molar-refractivity contribution is 0.121. The zero-order valence-corrected chi connectivity index (χ0v) is 19.1. The number of piperazine rings is 1. The van der Waals surface area contributed by atoms with Crippen molar-refractivity contribution in [2.75, 3.05) is 75.1 Å². The topological polar surface area (TPSA) is 128 Å². The van der Waals surface area contributed by atoms with Crippen LogP contribution in [0.3, 0.4) is 0 Å². The summed E-state index contributed by atoms with van der Waals surface area (Å²) in [4.78, 5) is 35.1. The van der Waals surface area contributed by atoms with Crippen LogP contribution in [-0.2, 0) is 9.47 Å². The minimum atomic E-state index is -2.88. The molecule has 2 saturated heterocycles. The number of ether oxygens (including phenoxy) is 2. The number of benzene rings is 1. The Hall–Kier alpha value is -3.81. The zero-order chi connectivity index (χ0) is 24.5. The summed E-state index contributed by atoms with van der Waals surface area (Å²) in [6, 6.07) is 4.92. The molecule has 0 aliphatic carbocycles. The summed E-state index contributed by atoms with van der Waals surface area (Å²) in [5.74, 6) is 0.204. The maximum absolute atomic E-state index is 14.1. The average molecular weight is 489 g/mol. The number of carbonyl (C=O) groups is 1. The molecule has 0 unspecified atom stereocenters. The fourth-order valence-corrected chi connectivity index (χ4v) is 4.20. The number of imidazole rings is 1. The highest BCUT2D eigenvalue weighted by atomic mass is 19.3. The van der Waals surface area contributed by atoms with Crippen LogP contribution in [0.5, 0.6) is 0 Å². The zero-order valence-electron chi connectivity index (χ0n) is 19.1.